The summed E-state index contributed by atoms with van der Waals surface area (Å²) in [5, 5.41) is 3.09. The van der Waals surface area contributed by atoms with E-state index in [1.165, 1.54) is 5.56 Å². The summed E-state index contributed by atoms with van der Waals surface area (Å²) in [5.41, 5.74) is 1.96. The summed E-state index contributed by atoms with van der Waals surface area (Å²) in [7, 11) is 0. The summed E-state index contributed by atoms with van der Waals surface area (Å²) in [4.78, 5) is 16.2. The molecule has 0 amide bonds. The maximum atomic E-state index is 12.1. The van der Waals surface area contributed by atoms with E-state index in [1.807, 2.05) is 25.1 Å². The molecule has 0 spiro atoms. The molecular weight excluding hydrogens is 274 g/mol. The van der Waals surface area contributed by atoms with Crippen molar-refractivity contribution in [3.63, 3.8) is 0 Å². The zero-order valence-electron chi connectivity index (χ0n) is 11.5. The molecule has 2 rings (SSSR count). The van der Waals surface area contributed by atoms with E-state index in [0.717, 1.165) is 18.5 Å². The summed E-state index contributed by atoms with van der Waals surface area (Å²) in [6.07, 6.45) is 5.19. The van der Waals surface area contributed by atoms with Crippen LogP contribution in [0.1, 0.15) is 18.9 Å². The second-order valence-corrected chi connectivity index (χ2v) is 4.86. The number of aryl methyl sites for hydroxylation is 2. The van der Waals surface area contributed by atoms with Gasteiger partial charge in [-0.1, -0.05) is 12.1 Å². The molecule has 5 heteroatoms. The number of hydrogen-bond acceptors (Lipinski definition) is 3. The van der Waals surface area contributed by atoms with Crippen molar-refractivity contribution in [2.75, 3.05) is 11.2 Å². The van der Waals surface area contributed by atoms with Gasteiger partial charge in [-0.2, -0.15) is 0 Å². The van der Waals surface area contributed by atoms with Gasteiger partial charge in [0.15, 0.2) is 5.82 Å². The third kappa shape index (κ3) is 3.61. The third-order valence-electron chi connectivity index (χ3n) is 3.04. The van der Waals surface area contributed by atoms with E-state index in [0.29, 0.717) is 18.2 Å². The van der Waals surface area contributed by atoms with E-state index < -0.39 is 0 Å². The second-order valence-electron chi connectivity index (χ2n) is 4.48. The molecule has 0 atom stereocenters. The lowest BCUT2D eigenvalue weighted by Gasteiger charge is -2.08. The van der Waals surface area contributed by atoms with Crippen molar-refractivity contribution < 1.29 is 0 Å². The number of rotatable bonds is 6. The van der Waals surface area contributed by atoms with Gasteiger partial charge in [-0.15, -0.1) is 11.6 Å². The zero-order chi connectivity index (χ0) is 14.4. The van der Waals surface area contributed by atoms with Gasteiger partial charge >= 0.3 is 0 Å². The van der Waals surface area contributed by atoms with Crippen LogP contribution in [-0.4, -0.2) is 15.4 Å². The molecule has 0 aliphatic carbocycles. The highest BCUT2D eigenvalue weighted by atomic mass is 35.5. The molecule has 1 heterocycles. The number of halogens is 1. The topological polar surface area (TPSA) is 46.9 Å². The van der Waals surface area contributed by atoms with Gasteiger partial charge in [0, 0.05) is 30.5 Å². The van der Waals surface area contributed by atoms with Crippen molar-refractivity contribution in [3.8, 4) is 0 Å². The third-order valence-corrected chi connectivity index (χ3v) is 3.31. The van der Waals surface area contributed by atoms with Gasteiger partial charge in [0.2, 0.25) is 0 Å². The standard InChI is InChI=1S/C15H18ClN3O/c1-2-19-10-9-17-14(15(19)20)18-13-7-3-5-12(11-13)6-4-8-16/h3,5,7,9-11H,2,4,6,8H2,1H3,(H,17,18). The lowest BCUT2D eigenvalue weighted by Crippen LogP contribution is -2.22. The smallest absolute Gasteiger partial charge is 0.293 e. The normalized spacial score (nSPS) is 10.5. The highest BCUT2D eigenvalue weighted by Gasteiger charge is 2.04. The van der Waals surface area contributed by atoms with Crippen LogP contribution in [0.25, 0.3) is 0 Å². The van der Waals surface area contributed by atoms with Crippen LogP contribution < -0.4 is 10.9 Å². The van der Waals surface area contributed by atoms with Crippen LogP contribution in [0.4, 0.5) is 11.5 Å². The molecule has 1 aromatic heterocycles. The monoisotopic (exact) mass is 291 g/mol. The number of nitrogens with zero attached hydrogens (tertiary/aromatic N) is 2. The SMILES string of the molecule is CCn1ccnc(Nc2cccc(CCCCl)c2)c1=O. The Kier molecular flexibility index (Phi) is 5.18. The minimum absolute atomic E-state index is 0.110. The number of aromatic nitrogens is 2. The lowest BCUT2D eigenvalue weighted by molar-refractivity contribution is 0.720. The number of benzene rings is 1. The van der Waals surface area contributed by atoms with Crippen LogP contribution >= 0.6 is 11.6 Å². The largest absolute Gasteiger partial charge is 0.336 e. The summed E-state index contributed by atoms with van der Waals surface area (Å²) in [6, 6.07) is 7.97. The maximum absolute atomic E-state index is 12.1. The van der Waals surface area contributed by atoms with Crippen molar-refractivity contribution in [1.29, 1.82) is 0 Å². The van der Waals surface area contributed by atoms with Gasteiger partial charge in [-0.3, -0.25) is 4.79 Å². The van der Waals surface area contributed by atoms with E-state index in [2.05, 4.69) is 16.4 Å². The quantitative estimate of drug-likeness (QED) is 0.832. The van der Waals surface area contributed by atoms with Gasteiger partial charge < -0.3 is 9.88 Å². The Morgan fingerprint density at radius 3 is 3.00 bits per heavy atom. The van der Waals surface area contributed by atoms with Crippen molar-refractivity contribution in [1.82, 2.24) is 9.55 Å². The fourth-order valence-electron chi connectivity index (χ4n) is 1.99. The summed E-state index contributed by atoms with van der Waals surface area (Å²) in [6.45, 7) is 2.56. The molecule has 0 fully saturated rings. The minimum Gasteiger partial charge on any atom is -0.336 e. The zero-order valence-corrected chi connectivity index (χ0v) is 12.2. The first-order valence-corrected chi connectivity index (χ1v) is 7.25. The van der Waals surface area contributed by atoms with Crippen LogP contribution in [0, 0.1) is 0 Å². The molecular formula is C15H18ClN3O. The summed E-state index contributed by atoms with van der Waals surface area (Å²) >= 11 is 5.71. The Labute approximate surface area is 123 Å². The molecule has 0 radical (unpaired) electrons. The maximum Gasteiger partial charge on any atom is 0.293 e. The van der Waals surface area contributed by atoms with Gasteiger partial charge in [0.1, 0.15) is 0 Å². The molecule has 2 aromatic rings. The van der Waals surface area contributed by atoms with E-state index >= 15 is 0 Å². The fourth-order valence-corrected chi connectivity index (χ4v) is 2.13. The number of anilines is 2. The molecule has 0 bridgehead atoms. The van der Waals surface area contributed by atoms with Crippen LogP contribution in [0.5, 0.6) is 0 Å². The number of nitrogens with one attached hydrogen (secondary N) is 1. The molecule has 0 saturated heterocycles. The molecule has 0 unspecified atom stereocenters. The van der Waals surface area contributed by atoms with Crippen LogP contribution in [0.15, 0.2) is 41.5 Å². The van der Waals surface area contributed by atoms with Crippen LogP contribution in [0.2, 0.25) is 0 Å². The molecule has 20 heavy (non-hydrogen) atoms. The average Bonchev–Trinajstić information content (AvgIpc) is 2.48. The van der Waals surface area contributed by atoms with Crippen molar-refractivity contribution in [3.05, 3.63) is 52.6 Å². The fraction of sp³-hybridized carbons (Fsp3) is 0.333. The van der Waals surface area contributed by atoms with E-state index in [1.54, 1.807) is 17.0 Å². The van der Waals surface area contributed by atoms with Crippen molar-refractivity contribution in [2.24, 2.45) is 0 Å². The second kappa shape index (κ2) is 7.10. The summed E-state index contributed by atoms with van der Waals surface area (Å²) < 4.78 is 1.62. The molecule has 0 saturated carbocycles. The number of hydrogen-bond donors (Lipinski definition) is 1. The Balaban J connectivity index is 2.20. The predicted octanol–water partition coefficient (Wildman–Crippen LogP) is 3.18. The molecule has 0 aliphatic rings. The summed E-state index contributed by atoms with van der Waals surface area (Å²) in [5.74, 6) is 1.00. The lowest BCUT2D eigenvalue weighted by atomic mass is 10.1. The first-order chi connectivity index (χ1) is 9.74. The van der Waals surface area contributed by atoms with Gasteiger partial charge in [-0.25, -0.2) is 4.98 Å². The first-order valence-electron chi connectivity index (χ1n) is 6.72. The van der Waals surface area contributed by atoms with Gasteiger partial charge in [0.05, 0.1) is 0 Å². The van der Waals surface area contributed by atoms with Crippen molar-refractivity contribution in [2.45, 2.75) is 26.3 Å². The molecule has 1 N–H and O–H groups in total. The highest BCUT2D eigenvalue weighted by Crippen LogP contribution is 2.15. The van der Waals surface area contributed by atoms with E-state index in [9.17, 15) is 4.79 Å². The predicted molar refractivity (Wildman–Crippen MR) is 82.9 cm³/mol. The highest BCUT2D eigenvalue weighted by molar-refractivity contribution is 6.17. The van der Waals surface area contributed by atoms with E-state index in [-0.39, 0.29) is 5.56 Å². The van der Waals surface area contributed by atoms with Crippen LogP contribution in [-0.2, 0) is 13.0 Å². The Morgan fingerprint density at radius 1 is 1.40 bits per heavy atom. The minimum atomic E-state index is -0.110. The van der Waals surface area contributed by atoms with E-state index in [4.69, 9.17) is 11.6 Å². The first kappa shape index (κ1) is 14.6. The average molecular weight is 292 g/mol. The van der Waals surface area contributed by atoms with Crippen molar-refractivity contribution >= 4 is 23.1 Å². The molecule has 4 nitrogen and oxygen atoms in total. The van der Waals surface area contributed by atoms with Gasteiger partial charge in [-0.05, 0) is 37.5 Å². The molecule has 106 valence electrons. The van der Waals surface area contributed by atoms with Crippen LogP contribution in [0.3, 0.4) is 0 Å². The van der Waals surface area contributed by atoms with Gasteiger partial charge in [0.25, 0.3) is 5.56 Å². The Bertz CT molecular complexity index is 625. The Hall–Kier alpha value is -1.81. The Morgan fingerprint density at radius 2 is 2.25 bits per heavy atom. The molecule has 0 aliphatic heterocycles. The number of alkyl halides is 1. The molecule has 1 aromatic carbocycles.